The zero-order valence-electron chi connectivity index (χ0n) is 14.4. The molecule has 1 fully saturated rings. The number of nitrogens with one attached hydrogen (secondary N) is 1. The summed E-state index contributed by atoms with van der Waals surface area (Å²) in [6.45, 7) is 6.14. The number of carbonyl (C=O) groups is 1. The van der Waals surface area contributed by atoms with Crippen molar-refractivity contribution in [3.05, 3.63) is 29.3 Å². The first-order valence-electron chi connectivity index (χ1n) is 8.24. The number of amides is 1. The molecule has 1 saturated heterocycles. The molecule has 24 heavy (non-hydrogen) atoms. The summed E-state index contributed by atoms with van der Waals surface area (Å²) in [6, 6.07) is 4.87. The molecule has 0 aliphatic carbocycles. The van der Waals surface area contributed by atoms with Crippen LogP contribution in [0, 0.1) is 19.8 Å². The molecule has 0 bridgehead atoms. The van der Waals surface area contributed by atoms with Gasteiger partial charge in [-0.15, -0.1) is 0 Å². The van der Waals surface area contributed by atoms with E-state index in [0.29, 0.717) is 30.8 Å². The van der Waals surface area contributed by atoms with Gasteiger partial charge in [0.25, 0.3) is 0 Å². The van der Waals surface area contributed by atoms with Gasteiger partial charge in [0.2, 0.25) is 15.9 Å². The summed E-state index contributed by atoms with van der Waals surface area (Å²) in [5.41, 5.74) is 2.01. The summed E-state index contributed by atoms with van der Waals surface area (Å²) in [5.74, 6) is -0.315. The predicted octanol–water partition coefficient (Wildman–Crippen LogP) is 1.20. The number of aliphatic hydroxyl groups is 1. The third kappa shape index (κ3) is 4.15. The number of benzene rings is 1. The van der Waals surface area contributed by atoms with Crippen LogP contribution in [0.5, 0.6) is 0 Å². The number of sulfonamides is 1. The Morgan fingerprint density at radius 2 is 1.92 bits per heavy atom. The van der Waals surface area contributed by atoms with Gasteiger partial charge in [0, 0.05) is 25.0 Å². The van der Waals surface area contributed by atoms with Crippen LogP contribution in [-0.2, 0) is 14.8 Å². The molecule has 0 radical (unpaired) electrons. The van der Waals surface area contributed by atoms with Crippen LogP contribution in [0.25, 0.3) is 0 Å². The maximum Gasteiger partial charge on any atom is 0.243 e. The third-order valence-corrected chi connectivity index (χ3v) is 6.50. The van der Waals surface area contributed by atoms with Crippen LogP contribution in [0.3, 0.4) is 0 Å². The highest BCUT2D eigenvalue weighted by Gasteiger charge is 2.32. The fraction of sp³-hybridized carbons (Fsp3) is 0.588. The van der Waals surface area contributed by atoms with E-state index in [-0.39, 0.29) is 24.5 Å². The smallest absolute Gasteiger partial charge is 0.243 e. The van der Waals surface area contributed by atoms with Gasteiger partial charge in [-0.1, -0.05) is 6.07 Å². The first kappa shape index (κ1) is 18.9. The van der Waals surface area contributed by atoms with E-state index in [9.17, 15) is 13.2 Å². The van der Waals surface area contributed by atoms with Crippen molar-refractivity contribution < 1.29 is 18.3 Å². The van der Waals surface area contributed by atoms with Gasteiger partial charge in [-0.2, -0.15) is 4.31 Å². The molecule has 1 atom stereocenters. The molecule has 1 aromatic carbocycles. The molecule has 1 heterocycles. The van der Waals surface area contributed by atoms with E-state index in [1.165, 1.54) is 4.31 Å². The molecular formula is C17H26N2O4S. The minimum absolute atomic E-state index is 0.105. The number of aryl methyl sites for hydroxylation is 2. The Kier molecular flexibility index (Phi) is 6.01. The first-order chi connectivity index (χ1) is 11.3. The highest BCUT2D eigenvalue weighted by Crippen LogP contribution is 2.25. The Morgan fingerprint density at radius 1 is 1.29 bits per heavy atom. The Hall–Kier alpha value is -1.44. The lowest BCUT2D eigenvalue weighted by Crippen LogP contribution is -2.45. The molecule has 0 spiro atoms. The molecule has 1 unspecified atom stereocenters. The average molecular weight is 354 g/mol. The second kappa shape index (κ2) is 7.63. The van der Waals surface area contributed by atoms with Crippen LogP contribution in [0.4, 0.5) is 0 Å². The van der Waals surface area contributed by atoms with Gasteiger partial charge in [0.05, 0.1) is 11.5 Å². The topological polar surface area (TPSA) is 86.7 Å². The second-order valence-electron chi connectivity index (χ2n) is 6.52. The van der Waals surface area contributed by atoms with Gasteiger partial charge in [0.1, 0.15) is 0 Å². The van der Waals surface area contributed by atoms with Crippen molar-refractivity contribution >= 4 is 15.9 Å². The molecule has 6 nitrogen and oxygen atoms in total. The van der Waals surface area contributed by atoms with Crippen LogP contribution in [0.2, 0.25) is 0 Å². The lowest BCUT2D eigenvalue weighted by Gasteiger charge is -2.31. The van der Waals surface area contributed by atoms with Crippen LogP contribution in [0.1, 0.15) is 30.9 Å². The Balaban J connectivity index is 2.03. The molecule has 2 N–H and O–H groups in total. The third-order valence-electron chi connectivity index (χ3n) is 4.60. The maximum absolute atomic E-state index is 12.7. The number of aliphatic hydroxyl groups excluding tert-OH is 1. The first-order valence-corrected chi connectivity index (χ1v) is 9.68. The molecule has 1 aliphatic heterocycles. The molecular weight excluding hydrogens is 328 g/mol. The van der Waals surface area contributed by atoms with Crippen LogP contribution in [-0.4, -0.2) is 49.5 Å². The molecule has 1 amide bonds. The zero-order chi connectivity index (χ0) is 17.9. The van der Waals surface area contributed by atoms with Gasteiger partial charge < -0.3 is 10.4 Å². The number of piperidine rings is 1. The number of nitrogens with zero attached hydrogens (tertiary/aromatic N) is 1. The Labute approximate surface area is 143 Å². The minimum atomic E-state index is -3.52. The normalized spacial score (nSPS) is 18.3. The molecule has 1 aliphatic rings. The van der Waals surface area contributed by atoms with E-state index in [2.05, 4.69) is 5.32 Å². The zero-order valence-corrected chi connectivity index (χ0v) is 15.3. The van der Waals surface area contributed by atoms with Crippen molar-refractivity contribution in [2.75, 3.05) is 19.7 Å². The number of hydrogen-bond acceptors (Lipinski definition) is 4. The van der Waals surface area contributed by atoms with Crippen molar-refractivity contribution in [3.8, 4) is 0 Å². The predicted molar refractivity (Wildman–Crippen MR) is 92.1 cm³/mol. The van der Waals surface area contributed by atoms with E-state index < -0.39 is 10.0 Å². The maximum atomic E-state index is 12.7. The van der Waals surface area contributed by atoms with Gasteiger partial charge in [-0.3, -0.25) is 4.79 Å². The van der Waals surface area contributed by atoms with E-state index >= 15 is 0 Å². The van der Waals surface area contributed by atoms with Crippen LogP contribution >= 0.6 is 0 Å². The summed E-state index contributed by atoms with van der Waals surface area (Å²) in [5, 5.41) is 11.7. The largest absolute Gasteiger partial charge is 0.394 e. The van der Waals surface area contributed by atoms with E-state index in [0.717, 1.165) is 11.1 Å². The molecule has 134 valence electrons. The Morgan fingerprint density at radius 3 is 2.46 bits per heavy atom. The summed E-state index contributed by atoms with van der Waals surface area (Å²) in [6.07, 6.45) is 0.988. The quantitative estimate of drug-likeness (QED) is 0.832. The molecule has 7 heteroatoms. The lowest BCUT2D eigenvalue weighted by atomic mass is 9.97. The number of hydrogen-bond donors (Lipinski definition) is 2. The lowest BCUT2D eigenvalue weighted by molar-refractivity contribution is -0.127. The molecule has 0 aromatic heterocycles. The van der Waals surface area contributed by atoms with Crippen molar-refractivity contribution in [2.45, 2.75) is 44.6 Å². The summed E-state index contributed by atoms with van der Waals surface area (Å²) in [4.78, 5) is 12.4. The fourth-order valence-electron chi connectivity index (χ4n) is 2.79. The monoisotopic (exact) mass is 354 g/mol. The summed E-state index contributed by atoms with van der Waals surface area (Å²) < 4.78 is 26.9. The second-order valence-corrected chi connectivity index (χ2v) is 8.45. The van der Waals surface area contributed by atoms with Crippen molar-refractivity contribution in [3.63, 3.8) is 0 Å². The Bertz CT molecular complexity index is 695. The highest BCUT2D eigenvalue weighted by molar-refractivity contribution is 7.89. The van der Waals surface area contributed by atoms with Gasteiger partial charge in [0.15, 0.2) is 0 Å². The van der Waals surface area contributed by atoms with E-state index in [1.54, 1.807) is 19.1 Å². The summed E-state index contributed by atoms with van der Waals surface area (Å²) in [7, 11) is -3.52. The van der Waals surface area contributed by atoms with Gasteiger partial charge in [-0.05, 0) is 56.9 Å². The minimum Gasteiger partial charge on any atom is -0.394 e. The van der Waals surface area contributed by atoms with Crippen LogP contribution < -0.4 is 5.32 Å². The van der Waals surface area contributed by atoms with Crippen molar-refractivity contribution in [1.29, 1.82) is 0 Å². The van der Waals surface area contributed by atoms with Gasteiger partial charge in [-0.25, -0.2) is 8.42 Å². The van der Waals surface area contributed by atoms with E-state index in [1.807, 2.05) is 19.9 Å². The summed E-state index contributed by atoms with van der Waals surface area (Å²) >= 11 is 0. The molecule has 1 aromatic rings. The number of rotatable bonds is 5. The molecule has 0 saturated carbocycles. The van der Waals surface area contributed by atoms with E-state index in [4.69, 9.17) is 5.11 Å². The average Bonchev–Trinajstić information content (AvgIpc) is 2.57. The fourth-order valence-corrected chi connectivity index (χ4v) is 4.34. The van der Waals surface area contributed by atoms with Crippen LogP contribution in [0.15, 0.2) is 23.1 Å². The van der Waals surface area contributed by atoms with Crippen molar-refractivity contribution in [2.24, 2.45) is 5.92 Å². The van der Waals surface area contributed by atoms with Crippen molar-refractivity contribution in [1.82, 2.24) is 9.62 Å². The van der Waals surface area contributed by atoms with Gasteiger partial charge >= 0.3 is 0 Å². The standard InChI is InChI=1S/C17H26N2O4S/c1-12-4-5-16(10-13(12)2)24(22,23)19-8-6-15(7-9-19)17(21)18-14(3)11-20/h4-5,10,14-15,20H,6-9,11H2,1-3H3,(H,18,21). The SMILES string of the molecule is Cc1ccc(S(=O)(=O)N2CCC(C(=O)NC(C)CO)CC2)cc1C. The highest BCUT2D eigenvalue weighted by atomic mass is 32.2. The molecule has 2 rings (SSSR count). The number of carbonyl (C=O) groups excluding carboxylic acids is 1.